The zero-order chi connectivity index (χ0) is 18.2. The first kappa shape index (κ1) is 17.0. The third-order valence-electron chi connectivity index (χ3n) is 3.92. The average Bonchev–Trinajstić information content (AvgIpc) is 2.58. The molecule has 0 saturated heterocycles. The van der Waals surface area contributed by atoms with E-state index < -0.39 is 11.2 Å². The van der Waals surface area contributed by atoms with Gasteiger partial charge in [0.05, 0.1) is 21.3 Å². The molecule has 0 radical (unpaired) electrons. The molecule has 25 heavy (non-hydrogen) atoms. The molecule has 1 aromatic carbocycles. The van der Waals surface area contributed by atoms with Crippen LogP contribution in [0.25, 0.3) is 17.4 Å². The second-order valence-electron chi connectivity index (χ2n) is 6.13. The standard InChI is InChI=1S/C19H20O6/c1-19(2)7-6-12-14(25-19)10-13(24-18(12)20)11-8-15(21-3)17(23-5)16(9-11)22-4/h6-10H,1-5H3. The van der Waals surface area contributed by atoms with Gasteiger partial charge in [0.1, 0.15) is 22.7 Å². The molecule has 132 valence electrons. The van der Waals surface area contributed by atoms with Crippen LogP contribution in [0.15, 0.2) is 33.5 Å². The maximum atomic E-state index is 12.3. The number of ether oxygens (including phenoxy) is 4. The Hall–Kier alpha value is -2.89. The number of hydrogen-bond acceptors (Lipinski definition) is 6. The number of methoxy groups -OCH3 is 3. The lowest BCUT2D eigenvalue weighted by molar-refractivity contribution is 0.157. The molecule has 0 N–H and O–H groups in total. The summed E-state index contributed by atoms with van der Waals surface area (Å²) in [7, 11) is 4.59. The number of fused-ring (bicyclic) bond motifs is 1. The highest BCUT2D eigenvalue weighted by Crippen LogP contribution is 2.42. The molecule has 0 fully saturated rings. The van der Waals surface area contributed by atoms with Crippen LogP contribution in [0, 0.1) is 0 Å². The van der Waals surface area contributed by atoms with Crippen LogP contribution < -0.4 is 24.6 Å². The van der Waals surface area contributed by atoms with Crippen LogP contribution >= 0.6 is 0 Å². The van der Waals surface area contributed by atoms with E-state index in [1.807, 2.05) is 19.9 Å². The van der Waals surface area contributed by atoms with E-state index in [0.29, 0.717) is 39.9 Å². The fraction of sp³-hybridized carbons (Fsp3) is 0.316. The Bertz CT molecular complexity index is 866. The zero-order valence-corrected chi connectivity index (χ0v) is 14.8. The van der Waals surface area contributed by atoms with Crippen molar-refractivity contribution in [2.45, 2.75) is 19.4 Å². The fourth-order valence-electron chi connectivity index (χ4n) is 2.68. The van der Waals surface area contributed by atoms with E-state index in [1.165, 1.54) is 21.3 Å². The van der Waals surface area contributed by atoms with Crippen LogP contribution in [0.1, 0.15) is 19.4 Å². The van der Waals surface area contributed by atoms with E-state index in [4.69, 9.17) is 23.4 Å². The SMILES string of the molecule is COc1cc(-c2cc3c(c(=O)o2)C=CC(C)(C)O3)cc(OC)c1OC. The molecule has 2 aromatic rings. The molecule has 1 aromatic heterocycles. The molecule has 0 amide bonds. The van der Waals surface area contributed by atoms with Crippen molar-refractivity contribution in [2.75, 3.05) is 21.3 Å². The van der Waals surface area contributed by atoms with Gasteiger partial charge in [0.15, 0.2) is 11.5 Å². The topological polar surface area (TPSA) is 67.1 Å². The Morgan fingerprint density at radius 1 is 0.960 bits per heavy atom. The van der Waals surface area contributed by atoms with Gasteiger partial charge < -0.3 is 23.4 Å². The molecule has 0 saturated carbocycles. The third-order valence-corrected chi connectivity index (χ3v) is 3.92. The van der Waals surface area contributed by atoms with Crippen LogP contribution in [0.2, 0.25) is 0 Å². The second-order valence-corrected chi connectivity index (χ2v) is 6.13. The van der Waals surface area contributed by atoms with Crippen LogP contribution in [0.3, 0.4) is 0 Å². The largest absolute Gasteiger partial charge is 0.493 e. The summed E-state index contributed by atoms with van der Waals surface area (Å²) in [5.41, 5.74) is 0.0572. The third kappa shape index (κ3) is 3.07. The highest BCUT2D eigenvalue weighted by Gasteiger charge is 2.25. The van der Waals surface area contributed by atoms with Gasteiger partial charge in [-0.3, -0.25) is 0 Å². The first-order chi connectivity index (χ1) is 11.9. The van der Waals surface area contributed by atoms with Gasteiger partial charge in [-0.05, 0) is 38.1 Å². The summed E-state index contributed by atoms with van der Waals surface area (Å²) in [4.78, 5) is 12.3. The summed E-state index contributed by atoms with van der Waals surface area (Å²) in [5, 5.41) is 0. The normalized spacial score (nSPS) is 14.4. The maximum absolute atomic E-state index is 12.3. The van der Waals surface area contributed by atoms with Crippen LogP contribution in [-0.2, 0) is 0 Å². The van der Waals surface area contributed by atoms with Crippen LogP contribution in [-0.4, -0.2) is 26.9 Å². The highest BCUT2D eigenvalue weighted by molar-refractivity contribution is 5.70. The Morgan fingerprint density at radius 3 is 2.16 bits per heavy atom. The van der Waals surface area contributed by atoms with Crippen molar-refractivity contribution in [3.63, 3.8) is 0 Å². The van der Waals surface area contributed by atoms with Crippen LogP contribution in [0.4, 0.5) is 0 Å². The molecule has 0 aliphatic carbocycles. The smallest absolute Gasteiger partial charge is 0.347 e. The van der Waals surface area contributed by atoms with Gasteiger partial charge in [-0.2, -0.15) is 0 Å². The molecule has 0 atom stereocenters. The molecule has 1 aliphatic rings. The van der Waals surface area contributed by atoms with Crippen molar-refractivity contribution >= 4 is 6.08 Å². The zero-order valence-electron chi connectivity index (χ0n) is 14.8. The summed E-state index contributed by atoms with van der Waals surface area (Å²) >= 11 is 0. The molecule has 6 heteroatoms. The van der Waals surface area contributed by atoms with Crippen molar-refractivity contribution in [1.29, 1.82) is 0 Å². The summed E-state index contributed by atoms with van der Waals surface area (Å²) in [5.74, 6) is 2.24. The van der Waals surface area contributed by atoms with Gasteiger partial charge in [-0.1, -0.05) is 0 Å². The lowest BCUT2D eigenvalue weighted by Crippen LogP contribution is -2.29. The van der Waals surface area contributed by atoms with E-state index in [2.05, 4.69) is 0 Å². The second kappa shape index (κ2) is 6.20. The van der Waals surface area contributed by atoms with Crippen molar-refractivity contribution in [2.24, 2.45) is 0 Å². The summed E-state index contributed by atoms with van der Waals surface area (Å²) in [6, 6.07) is 5.13. The van der Waals surface area contributed by atoms with Gasteiger partial charge in [0.2, 0.25) is 5.75 Å². The Labute approximate surface area is 145 Å². The van der Waals surface area contributed by atoms with E-state index in [9.17, 15) is 4.79 Å². The number of benzene rings is 1. The summed E-state index contributed by atoms with van der Waals surface area (Å²) < 4.78 is 27.4. The van der Waals surface area contributed by atoms with Crippen molar-refractivity contribution in [3.8, 4) is 34.3 Å². The van der Waals surface area contributed by atoms with Gasteiger partial charge >= 0.3 is 5.63 Å². The predicted octanol–water partition coefficient (Wildman–Crippen LogP) is 3.52. The van der Waals surface area contributed by atoms with Gasteiger partial charge in [-0.25, -0.2) is 4.79 Å². The minimum Gasteiger partial charge on any atom is -0.493 e. The lowest BCUT2D eigenvalue weighted by Gasteiger charge is -2.27. The first-order valence-electron chi connectivity index (χ1n) is 7.75. The lowest BCUT2D eigenvalue weighted by atomic mass is 10.0. The number of rotatable bonds is 4. The molecule has 0 unspecified atom stereocenters. The molecule has 1 aliphatic heterocycles. The molecule has 2 heterocycles. The Morgan fingerprint density at radius 2 is 1.60 bits per heavy atom. The quantitative estimate of drug-likeness (QED) is 0.845. The van der Waals surface area contributed by atoms with Gasteiger partial charge in [0, 0.05) is 11.6 Å². The predicted molar refractivity (Wildman–Crippen MR) is 93.8 cm³/mol. The van der Waals surface area contributed by atoms with Crippen molar-refractivity contribution < 1.29 is 23.4 Å². The summed E-state index contributed by atoms with van der Waals surface area (Å²) in [6.07, 6.45) is 3.55. The fourth-order valence-corrected chi connectivity index (χ4v) is 2.68. The van der Waals surface area contributed by atoms with E-state index in [1.54, 1.807) is 24.3 Å². The monoisotopic (exact) mass is 344 g/mol. The average molecular weight is 344 g/mol. The van der Waals surface area contributed by atoms with Gasteiger partial charge in [-0.15, -0.1) is 0 Å². The highest BCUT2D eigenvalue weighted by atomic mass is 16.5. The molecule has 0 spiro atoms. The number of hydrogen-bond donors (Lipinski definition) is 0. The minimum atomic E-state index is -0.493. The molecule has 3 rings (SSSR count). The van der Waals surface area contributed by atoms with E-state index >= 15 is 0 Å². The van der Waals surface area contributed by atoms with Gasteiger partial charge in [0.25, 0.3) is 0 Å². The van der Waals surface area contributed by atoms with Crippen molar-refractivity contribution in [3.05, 3.63) is 40.3 Å². The molecule has 6 nitrogen and oxygen atoms in total. The molecular weight excluding hydrogens is 324 g/mol. The van der Waals surface area contributed by atoms with Crippen LogP contribution in [0.5, 0.6) is 23.0 Å². The first-order valence-corrected chi connectivity index (χ1v) is 7.75. The Balaban J connectivity index is 2.17. The minimum absolute atomic E-state index is 0.356. The summed E-state index contributed by atoms with van der Waals surface area (Å²) in [6.45, 7) is 3.83. The van der Waals surface area contributed by atoms with E-state index in [-0.39, 0.29) is 0 Å². The molecular formula is C19H20O6. The maximum Gasteiger partial charge on any atom is 0.347 e. The Kier molecular flexibility index (Phi) is 4.20. The van der Waals surface area contributed by atoms with Crippen molar-refractivity contribution in [1.82, 2.24) is 0 Å². The van der Waals surface area contributed by atoms with E-state index in [0.717, 1.165) is 0 Å². The molecule has 0 bridgehead atoms.